The fourth-order valence-electron chi connectivity index (χ4n) is 2.90. The minimum atomic E-state index is -4.02. The maximum absolute atomic E-state index is 12.5. The van der Waals surface area contributed by atoms with E-state index in [1.165, 1.54) is 44.7 Å². The Morgan fingerprint density at radius 1 is 0.912 bits per heavy atom. The Kier molecular flexibility index (Phi) is 8.10. The quantitative estimate of drug-likeness (QED) is 0.266. The Labute approximate surface area is 198 Å². The number of ether oxygens (including phenoxy) is 3. The number of carbonyl (C=O) groups is 1. The average molecular weight is 485 g/mol. The van der Waals surface area contributed by atoms with E-state index < -0.39 is 16.0 Å². The smallest absolute Gasteiger partial charge is 0.339 e. The van der Waals surface area contributed by atoms with Gasteiger partial charge in [0.25, 0.3) is 5.91 Å². The summed E-state index contributed by atoms with van der Waals surface area (Å²) in [6.45, 7) is 2.26. The maximum Gasteiger partial charge on any atom is 0.339 e. The molecule has 0 bridgehead atoms. The van der Waals surface area contributed by atoms with Crippen LogP contribution in [0, 0.1) is 0 Å². The number of hydrogen-bond donors (Lipinski definition) is 1. The number of methoxy groups -OCH3 is 2. The molecule has 0 fully saturated rings. The first-order valence-corrected chi connectivity index (χ1v) is 11.6. The van der Waals surface area contributed by atoms with Gasteiger partial charge in [0.1, 0.15) is 4.90 Å². The van der Waals surface area contributed by atoms with Gasteiger partial charge in [-0.3, -0.25) is 4.79 Å². The van der Waals surface area contributed by atoms with Crippen molar-refractivity contribution < 1.29 is 31.6 Å². The zero-order chi connectivity index (χ0) is 24.6. The molecule has 9 nitrogen and oxygen atoms in total. The van der Waals surface area contributed by atoms with Gasteiger partial charge in [0.15, 0.2) is 23.0 Å². The summed E-state index contributed by atoms with van der Waals surface area (Å²) in [7, 11) is -1.11. The van der Waals surface area contributed by atoms with Crippen LogP contribution in [0.1, 0.15) is 22.8 Å². The Balaban J connectivity index is 1.71. The lowest BCUT2D eigenvalue weighted by Crippen LogP contribution is -2.17. The van der Waals surface area contributed by atoms with Crippen molar-refractivity contribution in [3.63, 3.8) is 0 Å². The van der Waals surface area contributed by atoms with Crippen LogP contribution in [-0.4, -0.2) is 41.4 Å². The predicted octanol–water partition coefficient (Wildman–Crippen LogP) is 3.63. The van der Waals surface area contributed by atoms with Gasteiger partial charge in [-0.25, -0.2) is 5.43 Å². The summed E-state index contributed by atoms with van der Waals surface area (Å²) < 4.78 is 46.1. The van der Waals surface area contributed by atoms with Gasteiger partial charge in [0, 0.05) is 5.56 Å². The van der Waals surface area contributed by atoms with Crippen molar-refractivity contribution in [2.75, 3.05) is 20.8 Å². The van der Waals surface area contributed by atoms with Gasteiger partial charge in [-0.05, 0) is 61.0 Å². The van der Waals surface area contributed by atoms with Crippen LogP contribution >= 0.6 is 0 Å². The Morgan fingerprint density at radius 2 is 1.62 bits per heavy atom. The third-order valence-electron chi connectivity index (χ3n) is 4.52. The third-order valence-corrected chi connectivity index (χ3v) is 5.77. The van der Waals surface area contributed by atoms with E-state index in [-0.39, 0.29) is 16.4 Å². The molecule has 0 saturated carbocycles. The summed E-state index contributed by atoms with van der Waals surface area (Å²) >= 11 is 0. The van der Waals surface area contributed by atoms with Gasteiger partial charge >= 0.3 is 10.1 Å². The summed E-state index contributed by atoms with van der Waals surface area (Å²) in [4.78, 5) is 12.5. The van der Waals surface area contributed by atoms with Crippen molar-refractivity contribution in [1.29, 1.82) is 0 Å². The Morgan fingerprint density at radius 3 is 2.29 bits per heavy atom. The molecule has 10 heteroatoms. The number of nitrogens with zero attached hydrogens (tertiary/aromatic N) is 1. The van der Waals surface area contributed by atoms with Crippen molar-refractivity contribution >= 4 is 22.2 Å². The summed E-state index contributed by atoms with van der Waals surface area (Å²) in [6, 6.07) is 17.1. The van der Waals surface area contributed by atoms with Crippen LogP contribution in [-0.2, 0) is 10.1 Å². The lowest BCUT2D eigenvalue weighted by atomic mass is 10.2. The molecule has 34 heavy (non-hydrogen) atoms. The minimum absolute atomic E-state index is 0.0224. The highest BCUT2D eigenvalue weighted by Gasteiger charge is 2.19. The van der Waals surface area contributed by atoms with Crippen molar-refractivity contribution in [1.82, 2.24) is 5.43 Å². The lowest BCUT2D eigenvalue weighted by molar-refractivity contribution is 0.0954. The van der Waals surface area contributed by atoms with E-state index in [4.69, 9.17) is 18.4 Å². The van der Waals surface area contributed by atoms with Crippen LogP contribution in [0.15, 0.2) is 76.7 Å². The van der Waals surface area contributed by atoms with Crippen molar-refractivity contribution in [3.8, 4) is 23.0 Å². The van der Waals surface area contributed by atoms with Crippen molar-refractivity contribution in [3.05, 3.63) is 77.9 Å². The van der Waals surface area contributed by atoms with E-state index in [0.29, 0.717) is 29.2 Å². The number of hydrogen-bond acceptors (Lipinski definition) is 8. The Hall–Kier alpha value is -4.05. The number of amides is 1. The summed E-state index contributed by atoms with van der Waals surface area (Å²) in [5.41, 5.74) is 3.32. The fourth-order valence-corrected chi connectivity index (χ4v) is 3.86. The second kappa shape index (κ2) is 11.2. The SMILES string of the molecule is CCOc1cc(C(=O)N/N=C/c2ccc(OS(=O)(=O)c3ccccc3)c(OC)c2)ccc1OC. The van der Waals surface area contributed by atoms with Crippen LogP contribution in [0.3, 0.4) is 0 Å². The largest absolute Gasteiger partial charge is 0.493 e. The zero-order valence-corrected chi connectivity index (χ0v) is 19.7. The molecule has 0 aromatic heterocycles. The van der Waals surface area contributed by atoms with Gasteiger partial charge in [-0.15, -0.1) is 0 Å². The first-order valence-electron chi connectivity index (χ1n) is 10.2. The summed E-state index contributed by atoms with van der Waals surface area (Å²) in [6.07, 6.45) is 1.39. The van der Waals surface area contributed by atoms with Crippen LogP contribution in [0.5, 0.6) is 23.0 Å². The van der Waals surface area contributed by atoms with Gasteiger partial charge in [-0.1, -0.05) is 18.2 Å². The van der Waals surface area contributed by atoms with Crippen LogP contribution in [0.2, 0.25) is 0 Å². The molecular weight excluding hydrogens is 460 g/mol. The lowest BCUT2D eigenvalue weighted by Gasteiger charge is -2.11. The molecule has 1 N–H and O–H groups in total. The topological polar surface area (TPSA) is 113 Å². The van der Waals surface area contributed by atoms with E-state index >= 15 is 0 Å². The first kappa shape index (κ1) is 24.6. The molecular formula is C24H24N2O7S. The molecule has 0 unspecified atom stereocenters. The van der Waals surface area contributed by atoms with Gasteiger partial charge < -0.3 is 18.4 Å². The van der Waals surface area contributed by atoms with E-state index in [1.807, 2.05) is 6.92 Å². The molecule has 3 aromatic carbocycles. The monoisotopic (exact) mass is 484 g/mol. The molecule has 1 amide bonds. The number of benzene rings is 3. The van der Waals surface area contributed by atoms with Gasteiger partial charge in [0.05, 0.1) is 27.0 Å². The second-order valence-electron chi connectivity index (χ2n) is 6.76. The maximum atomic E-state index is 12.5. The molecule has 178 valence electrons. The van der Waals surface area contributed by atoms with Crippen molar-refractivity contribution in [2.45, 2.75) is 11.8 Å². The van der Waals surface area contributed by atoms with E-state index in [2.05, 4.69) is 10.5 Å². The molecule has 0 heterocycles. The molecule has 0 saturated heterocycles. The minimum Gasteiger partial charge on any atom is -0.493 e. The number of carbonyl (C=O) groups excluding carboxylic acids is 1. The highest BCUT2D eigenvalue weighted by molar-refractivity contribution is 7.87. The summed E-state index contributed by atoms with van der Waals surface area (Å²) in [5.74, 6) is 0.735. The molecule has 0 aliphatic rings. The standard InChI is InChI=1S/C24H24N2O7S/c1-4-32-23-15-18(11-13-20(23)30-2)24(27)26-25-16-17-10-12-21(22(14-17)31-3)33-34(28,29)19-8-6-5-7-9-19/h5-16H,4H2,1-3H3,(H,26,27)/b25-16+. The first-order chi connectivity index (χ1) is 16.4. The Bertz CT molecular complexity index is 1280. The molecule has 3 aromatic rings. The van der Waals surface area contributed by atoms with Crippen molar-refractivity contribution in [2.24, 2.45) is 5.10 Å². The zero-order valence-electron chi connectivity index (χ0n) is 18.8. The molecule has 3 rings (SSSR count). The number of rotatable bonds is 10. The molecule has 0 spiro atoms. The molecule has 0 atom stereocenters. The average Bonchev–Trinajstić information content (AvgIpc) is 2.85. The van der Waals surface area contributed by atoms with Crippen LogP contribution in [0.25, 0.3) is 0 Å². The normalized spacial score (nSPS) is 11.1. The van der Waals surface area contributed by atoms with E-state index in [1.54, 1.807) is 42.5 Å². The van der Waals surface area contributed by atoms with Crippen LogP contribution in [0.4, 0.5) is 0 Å². The predicted molar refractivity (Wildman–Crippen MR) is 126 cm³/mol. The second-order valence-corrected chi connectivity index (χ2v) is 8.30. The fraction of sp³-hybridized carbons (Fsp3) is 0.167. The van der Waals surface area contributed by atoms with Crippen LogP contribution < -0.4 is 23.8 Å². The highest BCUT2D eigenvalue weighted by Crippen LogP contribution is 2.30. The van der Waals surface area contributed by atoms with E-state index in [9.17, 15) is 13.2 Å². The molecule has 0 radical (unpaired) electrons. The number of nitrogens with one attached hydrogen (secondary N) is 1. The summed E-state index contributed by atoms with van der Waals surface area (Å²) in [5, 5.41) is 3.95. The van der Waals surface area contributed by atoms with Gasteiger partial charge in [-0.2, -0.15) is 13.5 Å². The molecule has 0 aliphatic carbocycles. The van der Waals surface area contributed by atoms with E-state index in [0.717, 1.165) is 0 Å². The highest BCUT2D eigenvalue weighted by atomic mass is 32.2. The van der Waals surface area contributed by atoms with Gasteiger partial charge in [0.2, 0.25) is 0 Å². The number of hydrazone groups is 1. The molecule has 0 aliphatic heterocycles. The third kappa shape index (κ3) is 6.04.